The molecule has 1 rings (SSSR count). The summed E-state index contributed by atoms with van der Waals surface area (Å²) in [7, 11) is 1.22. The molecule has 2 N–H and O–H groups in total. The number of nitrogens with zero attached hydrogens (tertiary/aromatic N) is 2. The van der Waals surface area contributed by atoms with E-state index in [4.69, 9.17) is 5.11 Å². The molecular weight excluding hydrogens is 278 g/mol. The number of amides is 1. The molecule has 0 aliphatic carbocycles. The molecule has 1 aromatic heterocycles. The largest absolute Gasteiger partial charge is 0.480 e. The molecule has 0 bridgehead atoms. The second-order valence-corrected chi connectivity index (χ2v) is 4.66. The minimum Gasteiger partial charge on any atom is -0.480 e. The molecule has 0 saturated carbocycles. The van der Waals surface area contributed by atoms with Crippen molar-refractivity contribution in [1.82, 2.24) is 15.1 Å². The minimum atomic E-state index is -1.19. The van der Waals surface area contributed by atoms with Crippen LogP contribution in [-0.2, 0) is 25.7 Å². The van der Waals surface area contributed by atoms with Gasteiger partial charge in [-0.05, 0) is 26.3 Å². The SMILES string of the molecule is COC(=O)CC[C@H](NC(=O)Cn1nc(C)cc1C)C(=O)O. The molecular formula is C13H19N3O5. The van der Waals surface area contributed by atoms with Crippen molar-refractivity contribution in [1.29, 1.82) is 0 Å². The van der Waals surface area contributed by atoms with Crippen LogP contribution >= 0.6 is 0 Å². The molecule has 1 aromatic rings. The van der Waals surface area contributed by atoms with Gasteiger partial charge in [0.1, 0.15) is 12.6 Å². The Hall–Kier alpha value is -2.38. The second kappa shape index (κ2) is 7.41. The first-order valence-corrected chi connectivity index (χ1v) is 6.43. The number of esters is 1. The number of hydrogen-bond donors (Lipinski definition) is 2. The molecule has 21 heavy (non-hydrogen) atoms. The van der Waals surface area contributed by atoms with E-state index < -0.39 is 23.9 Å². The van der Waals surface area contributed by atoms with Crippen molar-refractivity contribution in [3.05, 3.63) is 17.5 Å². The van der Waals surface area contributed by atoms with Crippen LogP contribution in [0.2, 0.25) is 0 Å². The minimum absolute atomic E-state index is 0.0230. The van der Waals surface area contributed by atoms with Crippen molar-refractivity contribution in [3.8, 4) is 0 Å². The van der Waals surface area contributed by atoms with Crippen LogP contribution in [0.1, 0.15) is 24.2 Å². The smallest absolute Gasteiger partial charge is 0.326 e. The number of carbonyl (C=O) groups excluding carboxylic acids is 2. The Balaban J connectivity index is 2.58. The number of aryl methyl sites for hydroxylation is 2. The highest BCUT2D eigenvalue weighted by molar-refractivity contribution is 5.83. The molecule has 0 aliphatic rings. The Kier molecular flexibility index (Phi) is 5.89. The number of aromatic nitrogens is 2. The lowest BCUT2D eigenvalue weighted by Crippen LogP contribution is -2.42. The average Bonchev–Trinajstić information content (AvgIpc) is 2.71. The van der Waals surface area contributed by atoms with Crippen LogP contribution in [0.5, 0.6) is 0 Å². The summed E-state index contributed by atoms with van der Waals surface area (Å²) in [6.07, 6.45) is -0.0987. The molecule has 0 spiro atoms. The second-order valence-electron chi connectivity index (χ2n) is 4.66. The van der Waals surface area contributed by atoms with Crippen LogP contribution < -0.4 is 5.32 Å². The van der Waals surface area contributed by atoms with Crippen LogP contribution in [-0.4, -0.2) is 45.9 Å². The number of ether oxygens (including phenoxy) is 1. The number of hydrogen-bond acceptors (Lipinski definition) is 5. The van der Waals surface area contributed by atoms with Gasteiger partial charge in [-0.1, -0.05) is 0 Å². The van der Waals surface area contributed by atoms with E-state index >= 15 is 0 Å². The van der Waals surface area contributed by atoms with E-state index in [1.165, 1.54) is 11.8 Å². The van der Waals surface area contributed by atoms with Crippen molar-refractivity contribution in [3.63, 3.8) is 0 Å². The van der Waals surface area contributed by atoms with E-state index in [-0.39, 0.29) is 19.4 Å². The van der Waals surface area contributed by atoms with Gasteiger partial charge in [0.2, 0.25) is 5.91 Å². The van der Waals surface area contributed by atoms with E-state index in [2.05, 4.69) is 15.2 Å². The summed E-state index contributed by atoms with van der Waals surface area (Å²) in [5, 5.41) is 15.5. The zero-order valence-corrected chi connectivity index (χ0v) is 12.3. The fourth-order valence-corrected chi connectivity index (χ4v) is 1.83. The van der Waals surface area contributed by atoms with Gasteiger partial charge in [-0.3, -0.25) is 14.3 Å². The average molecular weight is 297 g/mol. The van der Waals surface area contributed by atoms with Gasteiger partial charge in [0.15, 0.2) is 0 Å². The van der Waals surface area contributed by atoms with Crippen molar-refractivity contribution < 1.29 is 24.2 Å². The fraction of sp³-hybridized carbons (Fsp3) is 0.538. The maximum atomic E-state index is 11.9. The maximum Gasteiger partial charge on any atom is 0.326 e. The number of carboxylic acids is 1. The third-order valence-corrected chi connectivity index (χ3v) is 2.89. The Morgan fingerprint density at radius 3 is 2.57 bits per heavy atom. The predicted octanol–water partition coefficient (Wildman–Crippen LogP) is 0.0225. The first-order valence-electron chi connectivity index (χ1n) is 6.43. The van der Waals surface area contributed by atoms with Gasteiger partial charge in [-0.15, -0.1) is 0 Å². The molecule has 0 fully saturated rings. The van der Waals surface area contributed by atoms with Crippen molar-refractivity contribution in [2.45, 2.75) is 39.3 Å². The Bertz CT molecular complexity index is 538. The lowest BCUT2D eigenvalue weighted by atomic mass is 10.1. The molecule has 1 amide bonds. The van der Waals surface area contributed by atoms with Gasteiger partial charge in [0.05, 0.1) is 12.8 Å². The van der Waals surface area contributed by atoms with E-state index in [9.17, 15) is 14.4 Å². The first kappa shape index (κ1) is 16.7. The van der Waals surface area contributed by atoms with Gasteiger partial charge >= 0.3 is 11.9 Å². The Morgan fingerprint density at radius 2 is 2.10 bits per heavy atom. The number of nitrogens with one attached hydrogen (secondary N) is 1. The maximum absolute atomic E-state index is 11.9. The molecule has 8 nitrogen and oxygen atoms in total. The summed E-state index contributed by atoms with van der Waals surface area (Å²) < 4.78 is 5.93. The van der Waals surface area contributed by atoms with Crippen LogP contribution in [0.4, 0.5) is 0 Å². The number of rotatable bonds is 7. The lowest BCUT2D eigenvalue weighted by molar-refractivity contribution is -0.144. The number of methoxy groups -OCH3 is 1. The van der Waals surface area contributed by atoms with Crippen molar-refractivity contribution in [2.75, 3.05) is 7.11 Å². The lowest BCUT2D eigenvalue weighted by Gasteiger charge is -2.14. The molecule has 0 saturated heterocycles. The molecule has 8 heteroatoms. The van der Waals surface area contributed by atoms with Gasteiger partial charge < -0.3 is 15.2 Å². The topological polar surface area (TPSA) is 111 Å². The first-order chi connectivity index (χ1) is 9.83. The standard InChI is InChI=1S/C13H19N3O5/c1-8-6-9(2)16(15-8)7-11(17)14-10(13(19)20)4-5-12(18)21-3/h6,10H,4-5,7H2,1-3H3,(H,14,17)(H,19,20)/t10-/m0/s1. The molecule has 1 heterocycles. The molecule has 1 atom stereocenters. The Morgan fingerprint density at radius 1 is 1.43 bits per heavy atom. The highest BCUT2D eigenvalue weighted by Gasteiger charge is 2.21. The quantitative estimate of drug-likeness (QED) is 0.687. The molecule has 0 aliphatic heterocycles. The van der Waals surface area contributed by atoms with E-state index in [0.29, 0.717) is 0 Å². The summed E-state index contributed by atoms with van der Waals surface area (Å²) in [5.41, 5.74) is 1.59. The number of carbonyl (C=O) groups is 3. The van der Waals surface area contributed by atoms with Gasteiger partial charge in [-0.2, -0.15) is 5.10 Å². The van der Waals surface area contributed by atoms with Crippen LogP contribution in [0, 0.1) is 13.8 Å². The third kappa shape index (κ3) is 5.25. The molecule has 0 radical (unpaired) electrons. The van der Waals surface area contributed by atoms with Crippen molar-refractivity contribution >= 4 is 17.8 Å². The fourth-order valence-electron chi connectivity index (χ4n) is 1.83. The highest BCUT2D eigenvalue weighted by Crippen LogP contribution is 2.03. The zero-order chi connectivity index (χ0) is 16.0. The summed E-state index contributed by atoms with van der Waals surface area (Å²) in [5.74, 6) is -2.19. The van der Waals surface area contributed by atoms with Crippen LogP contribution in [0.25, 0.3) is 0 Å². The molecule has 116 valence electrons. The normalized spacial score (nSPS) is 11.8. The predicted molar refractivity (Wildman–Crippen MR) is 72.5 cm³/mol. The third-order valence-electron chi connectivity index (χ3n) is 2.89. The van der Waals surface area contributed by atoms with Gasteiger partial charge in [-0.25, -0.2) is 4.79 Å². The summed E-state index contributed by atoms with van der Waals surface area (Å²) in [6.45, 7) is 3.54. The van der Waals surface area contributed by atoms with Crippen molar-refractivity contribution in [2.24, 2.45) is 0 Å². The number of carboxylic acid groups (broad SMARTS) is 1. The highest BCUT2D eigenvalue weighted by atomic mass is 16.5. The summed E-state index contributed by atoms with van der Waals surface area (Å²) in [4.78, 5) is 33.9. The van der Waals surface area contributed by atoms with E-state index in [1.807, 2.05) is 6.07 Å². The summed E-state index contributed by atoms with van der Waals surface area (Å²) >= 11 is 0. The van der Waals surface area contributed by atoms with Crippen LogP contribution in [0.3, 0.4) is 0 Å². The Labute approximate surface area is 122 Å². The zero-order valence-electron chi connectivity index (χ0n) is 12.3. The molecule has 0 unspecified atom stereocenters. The van der Waals surface area contributed by atoms with E-state index in [1.54, 1.807) is 13.8 Å². The number of aliphatic carboxylic acids is 1. The van der Waals surface area contributed by atoms with Crippen LogP contribution in [0.15, 0.2) is 6.07 Å². The monoisotopic (exact) mass is 297 g/mol. The van der Waals surface area contributed by atoms with Gasteiger partial charge in [0, 0.05) is 12.1 Å². The summed E-state index contributed by atoms with van der Waals surface area (Å²) in [6, 6.07) is 0.688. The van der Waals surface area contributed by atoms with E-state index in [0.717, 1.165) is 11.4 Å². The molecule has 0 aromatic carbocycles. The van der Waals surface area contributed by atoms with Gasteiger partial charge in [0.25, 0.3) is 0 Å².